The molecular formula is C17H27N3. The largest absolute Gasteiger partial charge is 0.385 e. The Bertz CT molecular complexity index is 438. The van der Waals surface area contributed by atoms with Gasteiger partial charge in [-0.3, -0.25) is 0 Å². The van der Waals surface area contributed by atoms with Gasteiger partial charge in [0.15, 0.2) is 0 Å². The third kappa shape index (κ3) is 3.33. The zero-order valence-electron chi connectivity index (χ0n) is 12.7. The van der Waals surface area contributed by atoms with Crippen molar-refractivity contribution < 1.29 is 0 Å². The van der Waals surface area contributed by atoms with Crippen molar-refractivity contribution >= 4 is 5.69 Å². The average molecular weight is 273 g/mol. The van der Waals surface area contributed by atoms with Gasteiger partial charge in [0, 0.05) is 31.9 Å². The molecule has 0 unspecified atom stereocenters. The number of likely N-dealkylation sites (N-methyl/N-ethyl adjacent to an activating group) is 1. The Balaban J connectivity index is 1.56. The van der Waals surface area contributed by atoms with Crippen LogP contribution in [0, 0.1) is 0 Å². The highest BCUT2D eigenvalue weighted by Crippen LogP contribution is 2.26. The van der Waals surface area contributed by atoms with E-state index in [9.17, 15) is 0 Å². The van der Waals surface area contributed by atoms with Gasteiger partial charge in [-0.1, -0.05) is 12.1 Å². The van der Waals surface area contributed by atoms with Crippen molar-refractivity contribution in [1.29, 1.82) is 0 Å². The van der Waals surface area contributed by atoms with Crippen molar-refractivity contribution in [2.75, 3.05) is 45.1 Å². The highest BCUT2D eigenvalue weighted by atomic mass is 15.2. The number of hydrogen-bond donors (Lipinski definition) is 1. The zero-order valence-corrected chi connectivity index (χ0v) is 12.7. The topological polar surface area (TPSA) is 18.5 Å². The summed E-state index contributed by atoms with van der Waals surface area (Å²) in [5.74, 6) is 0. The number of nitrogens with zero attached hydrogens (tertiary/aromatic N) is 2. The van der Waals surface area contributed by atoms with Crippen LogP contribution in [0.25, 0.3) is 0 Å². The predicted octanol–water partition coefficient (Wildman–Crippen LogP) is 2.57. The van der Waals surface area contributed by atoms with E-state index in [4.69, 9.17) is 0 Å². The highest BCUT2D eigenvalue weighted by molar-refractivity contribution is 5.56. The summed E-state index contributed by atoms with van der Waals surface area (Å²) < 4.78 is 0. The second-order valence-electron chi connectivity index (χ2n) is 6.26. The number of hydrogen-bond acceptors (Lipinski definition) is 3. The van der Waals surface area contributed by atoms with Gasteiger partial charge in [0.05, 0.1) is 0 Å². The summed E-state index contributed by atoms with van der Waals surface area (Å²) in [5.41, 5.74) is 4.42. The molecule has 0 atom stereocenters. The molecule has 1 fully saturated rings. The molecule has 1 saturated heterocycles. The normalized spacial score (nSPS) is 19.1. The van der Waals surface area contributed by atoms with Crippen LogP contribution in [0.1, 0.15) is 30.4 Å². The van der Waals surface area contributed by atoms with Gasteiger partial charge in [-0.15, -0.1) is 0 Å². The van der Waals surface area contributed by atoms with Crippen molar-refractivity contribution in [2.24, 2.45) is 0 Å². The van der Waals surface area contributed by atoms with Crippen LogP contribution in [0.5, 0.6) is 0 Å². The Kier molecular flexibility index (Phi) is 4.58. The van der Waals surface area contributed by atoms with Crippen molar-refractivity contribution in [1.82, 2.24) is 9.80 Å². The first-order valence-electron chi connectivity index (χ1n) is 8.08. The third-order valence-electron chi connectivity index (χ3n) is 4.63. The minimum absolute atomic E-state index is 1.08. The average Bonchev–Trinajstić information content (AvgIpc) is 2.99. The molecule has 0 amide bonds. The summed E-state index contributed by atoms with van der Waals surface area (Å²) in [5, 5.41) is 3.53. The third-order valence-corrected chi connectivity index (χ3v) is 4.63. The van der Waals surface area contributed by atoms with E-state index >= 15 is 0 Å². The molecule has 3 rings (SSSR count). The highest BCUT2D eigenvalue weighted by Gasteiger charge is 2.15. The molecule has 0 spiro atoms. The second-order valence-corrected chi connectivity index (χ2v) is 6.26. The van der Waals surface area contributed by atoms with E-state index in [1.807, 2.05) is 0 Å². The van der Waals surface area contributed by atoms with E-state index in [1.165, 1.54) is 63.1 Å². The molecule has 0 bridgehead atoms. The van der Waals surface area contributed by atoms with Gasteiger partial charge in [-0.25, -0.2) is 0 Å². The summed E-state index contributed by atoms with van der Waals surface area (Å²) in [6, 6.07) is 6.72. The maximum atomic E-state index is 3.53. The van der Waals surface area contributed by atoms with E-state index in [0.717, 1.165) is 13.1 Å². The molecule has 0 aliphatic carbocycles. The van der Waals surface area contributed by atoms with E-state index in [2.05, 4.69) is 40.4 Å². The first-order chi connectivity index (χ1) is 9.83. The summed E-state index contributed by atoms with van der Waals surface area (Å²) in [6.07, 6.45) is 5.28. The fourth-order valence-electron chi connectivity index (χ4n) is 3.42. The Morgan fingerprint density at radius 1 is 1.20 bits per heavy atom. The molecule has 1 N–H and O–H groups in total. The fourth-order valence-corrected chi connectivity index (χ4v) is 3.42. The lowest BCUT2D eigenvalue weighted by Crippen LogP contribution is -2.31. The molecule has 3 nitrogen and oxygen atoms in total. The lowest BCUT2D eigenvalue weighted by Gasteiger charge is -2.25. The van der Waals surface area contributed by atoms with E-state index < -0.39 is 0 Å². The van der Waals surface area contributed by atoms with Gasteiger partial charge < -0.3 is 15.1 Å². The first kappa shape index (κ1) is 13.9. The van der Waals surface area contributed by atoms with E-state index in [0.29, 0.717) is 0 Å². The maximum Gasteiger partial charge on any atom is 0.0375 e. The van der Waals surface area contributed by atoms with Crippen molar-refractivity contribution in [2.45, 2.75) is 32.2 Å². The molecule has 20 heavy (non-hydrogen) atoms. The van der Waals surface area contributed by atoms with Crippen molar-refractivity contribution in [3.8, 4) is 0 Å². The van der Waals surface area contributed by atoms with Crippen LogP contribution >= 0.6 is 0 Å². The van der Waals surface area contributed by atoms with Crippen LogP contribution < -0.4 is 5.32 Å². The summed E-state index contributed by atoms with van der Waals surface area (Å²) in [7, 11) is 2.26. The number of fused-ring (bicyclic) bond motifs is 1. The lowest BCUT2D eigenvalue weighted by molar-refractivity contribution is 0.252. The Morgan fingerprint density at radius 3 is 2.90 bits per heavy atom. The van der Waals surface area contributed by atoms with Crippen LogP contribution in [0.2, 0.25) is 0 Å². The number of likely N-dealkylation sites (tertiary alicyclic amines) is 1. The predicted molar refractivity (Wildman–Crippen MR) is 85.3 cm³/mol. The number of benzene rings is 1. The molecular weight excluding hydrogens is 246 g/mol. The summed E-state index contributed by atoms with van der Waals surface area (Å²) in [6.45, 7) is 7.22. The van der Waals surface area contributed by atoms with E-state index in [-0.39, 0.29) is 0 Å². The Labute approximate surface area is 123 Å². The molecule has 0 saturated carbocycles. The van der Waals surface area contributed by atoms with Crippen molar-refractivity contribution in [3.63, 3.8) is 0 Å². The van der Waals surface area contributed by atoms with E-state index in [1.54, 1.807) is 5.56 Å². The molecule has 2 aliphatic heterocycles. The van der Waals surface area contributed by atoms with Gasteiger partial charge >= 0.3 is 0 Å². The minimum atomic E-state index is 1.08. The molecule has 1 aromatic carbocycles. The first-order valence-corrected chi connectivity index (χ1v) is 8.08. The zero-order chi connectivity index (χ0) is 13.8. The molecule has 2 aliphatic rings. The van der Waals surface area contributed by atoms with Crippen LogP contribution in [0.15, 0.2) is 18.2 Å². The van der Waals surface area contributed by atoms with Gasteiger partial charge in [0.25, 0.3) is 0 Å². The fraction of sp³-hybridized carbons (Fsp3) is 0.647. The van der Waals surface area contributed by atoms with Gasteiger partial charge in [0.1, 0.15) is 0 Å². The monoisotopic (exact) mass is 273 g/mol. The molecule has 0 aromatic heterocycles. The molecule has 0 radical (unpaired) electrons. The van der Waals surface area contributed by atoms with Gasteiger partial charge in [-0.05, 0) is 63.0 Å². The van der Waals surface area contributed by atoms with Crippen LogP contribution in [-0.4, -0.2) is 49.6 Å². The molecule has 1 aromatic rings. The summed E-state index contributed by atoms with van der Waals surface area (Å²) >= 11 is 0. The quantitative estimate of drug-likeness (QED) is 0.889. The van der Waals surface area contributed by atoms with Gasteiger partial charge in [-0.2, -0.15) is 0 Å². The number of nitrogens with one attached hydrogen (secondary N) is 1. The number of rotatable bonds is 5. The lowest BCUT2D eigenvalue weighted by atomic mass is 9.97. The standard InChI is InChI=1S/C17H27N3/c1-19(12-13-20-10-2-3-11-20)14-15-6-4-8-17-16(15)7-5-9-18-17/h4,6,8,18H,2-3,5,7,9-14H2,1H3. The van der Waals surface area contributed by atoms with Crippen LogP contribution in [-0.2, 0) is 13.0 Å². The SMILES string of the molecule is CN(CCN1CCCC1)Cc1cccc2c1CCCN2. The van der Waals surface area contributed by atoms with Gasteiger partial charge in [0.2, 0.25) is 0 Å². The molecule has 2 heterocycles. The Morgan fingerprint density at radius 2 is 2.05 bits per heavy atom. The maximum absolute atomic E-state index is 3.53. The van der Waals surface area contributed by atoms with Crippen LogP contribution in [0.3, 0.4) is 0 Å². The van der Waals surface area contributed by atoms with Crippen molar-refractivity contribution in [3.05, 3.63) is 29.3 Å². The number of anilines is 1. The second kappa shape index (κ2) is 6.59. The smallest absolute Gasteiger partial charge is 0.0375 e. The Hall–Kier alpha value is -1.06. The van der Waals surface area contributed by atoms with Crippen LogP contribution in [0.4, 0.5) is 5.69 Å². The molecule has 3 heteroatoms. The minimum Gasteiger partial charge on any atom is -0.385 e. The molecule has 110 valence electrons. The summed E-state index contributed by atoms with van der Waals surface area (Å²) in [4.78, 5) is 5.07.